The summed E-state index contributed by atoms with van der Waals surface area (Å²) in [5.41, 5.74) is 6.69. The van der Waals surface area contributed by atoms with Gasteiger partial charge in [0.1, 0.15) is 4.99 Å². The summed E-state index contributed by atoms with van der Waals surface area (Å²) in [5, 5.41) is 4.97. The molecule has 3 aromatic heterocycles. The largest absolute Gasteiger partial charge is 0.376 e. The zero-order chi connectivity index (χ0) is 19.6. The van der Waals surface area contributed by atoms with E-state index in [9.17, 15) is 13.2 Å². The number of hydrogen-bond donors (Lipinski definition) is 3. The summed E-state index contributed by atoms with van der Waals surface area (Å²) in [6, 6.07) is 1.76. The molecule has 9 nitrogen and oxygen atoms in total. The minimum absolute atomic E-state index is 0.0498. The first-order chi connectivity index (χ1) is 12.7. The molecule has 3 heterocycles. The number of rotatable bonds is 7. The highest BCUT2D eigenvalue weighted by atomic mass is 33.1. The Morgan fingerprint density at radius 3 is 3.04 bits per heavy atom. The van der Waals surface area contributed by atoms with Crippen molar-refractivity contribution in [3.63, 3.8) is 0 Å². The van der Waals surface area contributed by atoms with E-state index >= 15 is 0 Å². The van der Waals surface area contributed by atoms with E-state index in [1.165, 1.54) is 17.6 Å². The predicted octanol–water partition coefficient (Wildman–Crippen LogP) is 1.17. The van der Waals surface area contributed by atoms with E-state index in [2.05, 4.69) is 20.3 Å². The fourth-order valence-electron chi connectivity index (χ4n) is 2.32. The molecule has 0 saturated carbocycles. The highest BCUT2D eigenvalue weighted by molar-refractivity contribution is 8.72. The zero-order valence-corrected chi connectivity index (χ0v) is 17.4. The van der Waals surface area contributed by atoms with Crippen molar-refractivity contribution >= 4 is 65.3 Å². The molecule has 0 aliphatic heterocycles. The molecule has 0 spiro atoms. The minimum Gasteiger partial charge on any atom is -0.376 e. The molecule has 0 bridgehead atoms. The minimum atomic E-state index is -3.14. The highest BCUT2D eigenvalue weighted by Gasteiger charge is 2.11. The number of imidazole rings is 1. The topological polar surface area (TPSA) is 136 Å². The van der Waals surface area contributed by atoms with E-state index in [0.29, 0.717) is 27.9 Å². The monoisotopic (exact) mass is 444 g/mol. The number of aryl methyl sites for hydroxylation is 1. The quantitative estimate of drug-likeness (QED) is 0.279. The van der Waals surface area contributed by atoms with Gasteiger partial charge >= 0.3 is 0 Å². The van der Waals surface area contributed by atoms with Crippen LogP contribution in [-0.2, 0) is 15.4 Å². The van der Waals surface area contributed by atoms with Gasteiger partial charge in [-0.1, -0.05) is 12.2 Å². The Balaban J connectivity index is 1.55. The van der Waals surface area contributed by atoms with Crippen molar-refractivity contribution < 1.29 is 8.42 Å². The molecule has 13 heteroatoms. The first-order valence-corrected chi connectivity index (χ1v) is 12.2. The number of thiocarbonyl (C=S) groups is 1. The van der Waals surface area contributed by atoms with Gasteiger partial charge in [0.05, 0.1) is 10.5 Å². The van der Waals surface area contributed by atoms with Crippen LogP contribution in [0.4, 0.5) is 5.95 Å². The third-order valence-corrected chi connectivity index (χ3v) is 7.41. The van der Waals surface area contributed by atoms with Gasteiger partial charge in [-0.2, -0.15) is 4.98 Å². The molecule has 144 valence electrons. The summed E-state index contributed by atoms with van der Waals surface area (Å²) in [6.07, 6.45) is 3.44. The summed E-state index contributed by atoms with van der Waals surface area (Å²) in [7, 11) is -2.33. The van der Waals surface area contributed by atoms with Crippen LogP contribution in [0.15, 0.2) is 26.8 Å². The van der Waals surface area contributed by atoms with Crippen molar-refractivity contribution in [2.45, 2.75) is 17.2 Å². The number of nitrogens with two attached hydrogens (primary N) is 1. The lowest BCUT2D eigenvalue weighted by atomic mass is 10.3. The zero-order valence-electron chi connectivity index (χ0n) is 14.1. The maximum atomic E-state index is 11.8. The van der Waals surface area contributed by atoms with Crippen LogP contribution < -0.4 is 16.6 Å². The number of nitrogens with zero attached hydrogens (tertiary/aromatic N) is 3. The number of nitrogen functional groups attached to an aromatic ring is 1. The molecular weight excluding hydrogens is 428 g/mol. The lowest BCUT2D eigenvalue weighted by Crippen LogP contribution is -2.23. The molecule has 0 amide bonds. The molecule has 3 aromatic rings. The molecule has 0 saturated heterocycles. The number of thiophene rings is 1. The van der Waals surface area contributed by atoms with Crippen molar-refractivity contribution in [2.24, 2.45) is 0 Å². The van der Waals surface area contributed by atoms with Gasteiger partial charge in [0, 0.05) is 41.1 Å². The van der Waals surface area contributed by atoms with Gasteiger partial charge < -0.3 is 15.6 Å². The van der Waals surface area contributed by atoms with Crippen LogP contribution in [0.5, 0.6) is 0 Å². The molecular formula is C14H16N6O3S4. The summed E-state index contributed by atoms with van der Waals surface area (Å²) in [4.78, 5) is 22.9. The van der Waals surface area contributed by atoms with Gasteiger partial charge in [-0.05, 0) is 12.5 Å². The second-order valence-corrected chi connectivity index (χ2v) is 11.5. The molecule has 0 fully saturated rings. The number of aromatic amines is 1. The number of anilines is 1. The van der Waals surface area contributed by atoms with E-state index in [4.69, 9.17) is 18.0 Å². The van der Waals surface area contributed by atoms with Crippen LogP contribution in [0.2, 0.25) is 0 Å². The van der Waals surface area contributed by atoms with Crippen LogP contribution in [-0.4, -0.2) is 45.7 Å². The van der Waals surface area contributed by atoms with Crippen molar-refractivity contribution in [1.82, 2.24) is 24.8 Å². The number of aromatic nitrogens is 4. The number of hydrogen-bond acceptors (Lipinski definition) is 9. The first kappa shape index (κ1) is 19.8. The third-order valence-electron chi connectivity index (χ3n) is 3.43. The van der Waals surface area contributed by atoms with Crippen molar-refractivity contribution in [1.29, 1.82) is 0 Å². The first-order valence-electron chi connectivity index (χ1n) is 7.70. The van der Waals surface area contributed by atoms with Crippen LogP contribution in [0, 0.1) is 0 Å². The number of nitrogens with one attached hydrogen (secondary N) is 2. The SMILES string of the molecule is CS(=O)(=O)Sc1cc(C(=S)NCCCn2cnc3c(=O)[nH]c(N)nc32)cs1. The second kappa shape index (κ2) is 7.96. The Morgan fingerprint density at radius 1 is 1.52 bits per heavy atom. The molecule has 0 radical (unpaired) electrons. The van der Waals surface area contributed by atoms with Crippen molar-refractivity contribution in [3.8, 4) is 0 Å². The van der Waals surface area contributed by atoms with E-state index in [1.807, 2.05) is 5.38 Å². The molecule has 0 unspecified atom stereocenters. The maximum absolute atomic E-state index is 11.8. The van der Waals surface area contributed by atoms with Gasteiger partial charge in [-0.25, -0.2) is 13.4 Å². The second-order valence-electron chi connectivity index (χ2n) is 5.61. The van der Waals surface area contributed by atoms with Gasteiger partial charge in [0.25, 0.3) is 5.56 Å². The van der Waals surface area contributed by atoms with Crippen molar-refractivity contribution in [3.05, 3.63) is 33.7 Å². The van der Waals surface area contributed by atoms with E-state index < -0.39 is 8.87 Å². The predicted molar refractivity (Wildman–Crippen MR) is 112 cm³/mol. The van der Waals surface area contributed by atoms with E-state index in [-0.39, 0.29) is 17.0 Å². The van der Waals surface area contributed by atoms with Crippen LogP contribution in [0.3, 0.4) is 0 Å². The normalized spacial score (nSPS) is 11.7. The van der Waals surface area contributed by atoms with Gasteiger partial charge in [-0.3, -0.25) is 9.78 Å². The summed E-state index contributed by atoms with van der Waals surface area (Å²) < 4.78 is 25.1. The van der Waals surface area contributed by atoms with Gasteiger partial charge in [0.2, 0.25) is 14.8 Å². The van der Waals surface area contributed by atoms with Crippen molar-refractivity contribution in [2.75, 3.05) is 18.5 Å². The molecule has 27 heavy (non-hydrogen) atoms. The lowest BCUT2D eigenvalue weighted by molar-refractivity contribution is 0.615. The van der Waals surface area contributed by atoms with Gasteiger partial charge in [-0.15, -0.1) is 11.3 Å². The lowest BCUT2D eigenvalue weighted by Gasteiger charge is -2.07. The molecule has 0 aliphatic rings. The third kappa shape index (κ3) is 5.06. The van der Waals surface area contributed by atoms with E-state index in [0.717, 1.165) is 22.8 Å². The summed E-state index contributed by atoms with van der Waals surface area (Å²) >= 11 is 6.68. The number of H-pyrrole nitrogens is 1. The Kier molecular flexibility index (Phi) is 5.83. The average molecular weight is 445 g/mol. The van der Waals surface area contributed by atoms with Crippen LogP contribution >= 0.6 is 34.3 Å². The maximum Gasteiger partial charge on any atom is 0.280 e. The average Bonchev–Trinajstić information content (AvgIpc) is 3.17. The fraction of sp³-hybridized carbons (Fsp3) is 0.286. The molecule has 0 atom stereocenters. The molecule has 3 rings (SSSR count). The fourth-order valence-corrected chi connectivity index (χ4v) is 6.52. The highest BCUT2D eigenvalue weighted by Crippen LogP contribution is 2.30. The Hall–Kier alpha value is -1.96. The Labute approximate surface area is 167 Å². The standard InChI is InChI=1S/C14H16N6O3S4/c1-27(22,23)26-9-5-8(6-25-9)13(24)16-3-2-4-20-7-17-10-11(20)18-14(15)19-12(10)21/h5-7H,2-4H2,1H3,(H,16,24)(H3,15,18,19,21). The Bertz CT molecular complexity index is 1150. The summed E-state index contributed by atoms with van der Waals surface area (Å²) in [5.74, 6) is 0.0498. The van der Waals surface area contributed by atoms with Gasteiger partial charge in [0.15, 0.2) is 11.2 Å². The molecule has 0 aromatic carbocycles. The summed E-state index contributed by atoms with van der Waals surface area (Å²) in [6.45, 7) is 1.18. The Morgan fingerprint density at radius 2 is 2.30 bits per heavy atom. The number of fused-ring (bicyclic) bond motifs is 1. The molecule has 4 N–H and O–H groups in total. The van der Waals surface area contributed by atoms with Crippen LogP contribution in [0.1, 0.15) is 12.0 Å². The van der Waals surface area contributed by atoms with E-state index in [1.54, 1.807) is 17.0 Å². The van der Waals surface area contributed by atoms with Crippen LogP contribution in [0.25, 0.3) is 11.2 Å². The smallest absolute Gasteiger partial charge is 0.280 e. The molecule has 0 aliphatic carbocycles.